The highest BCUT2D eigenvalue weighted by molar-refractivity contribution is 6.08. The molecule has 3 amide bonds. The fourth-order valence-electron chi connectivity index (χ4n) is 4.15. The van der Waals surface area contributed by atoms with Crippen LogP contribution in [0.15, 0.2) is 36.4 Å². The van der Waals surface area contributed by atoms with Crippen LogP contribution in [0, 0.1) is 17.8 Å². The van der Waals surface area contributed by atoms with Crippen molar-refractivity contribution in [3.8, 4) is 5.75 Å². The number of fused-ring (bicyclic) bond motifs is 1. The van der Waals surface area contributed by atoms with Crippen molar-refractivity contribution in [2.24, 2.45) is 17.8 Å². The highest BCUT2D eigenvalue weighted by atomic mass is 16.5. The maximum atomic E-state index is 13.0. The zero-order valence-corrected chi connectivity index (χ0v) is 17.4. The van der Waals surface area contributed by atoms with Crippen LogP contribution in [-0.2, 0) is 20.8 Å². The van der Waals surface area contributed by atoms with E-state index in [0.717, 1.165) is 11.3 Å². The quantitative estimate of drug-likeness (QED) is 0.540. The lowest BCUT2D eigenvalue weighted by Gasteiger charge is -2.27. The van der Waals surface area contributed by atoms with E-state index in [-0.39, 0.29) is 35.5 Å². The van der Waals surface area contributed by atoms with Crippen LogP contribution in [-0.4, -0.2) is 42.3 Å². The van der Waals surface area contributed by atoms with Gasteiger partial charge in [0.1, 0.15) is 11.8 Å². The van der Waals surface area contributed by atoms with Crippen molar-refractivity contribution in [2.75, 3.05) is 13.7 Å². The summed E-state index contributed by atoms with van der Waals surface area (Å²) in [4.78, 5) is 40.0. The van der Waals surface area contributed by atoms with Crippen molar-refractivity contribution in [1.82, 2.24) is 10.2 Å². The van der Waals surface area contributed by atoms with Gasteiger partial charge in [-0.3, -0.25) is 19.3 Å². The second-order valence-electron chi connectivity index (χ2n) is 8.24. The summed E-state index contributed by atoms with van der Waals surface area (Å²) < 4.78 is 5.15. The number of ether oxygens (including phenoxy) is 1. The van der Waals surface area contributed by atoms with E-state index in [4.69, 9.17) is 4.74 Å². The molecule has 29 heavy (non-hydrogen) atoms. The summed E-state index contributed by atoms with van der Waals surface area (Å²) in [6.45, 7) is 4.44. The third kappa shape index (κ3) is 4.69. The minimum absolute atomic E-state index is 0.189. The Hall–Kier alpha value is -2.63. The first-order valence-electron chi connectivity index (χ1n) is 10.3. The van der Waals surface area contributed by atoms with Gasteiger partial charge in [0.25, 0.3) is 0 Å². The fraction of sp³-hybridized carbons (Fsp3) is 0.522. The Balaban J connectivity index is 1.65. The lowest BCUT2D eigenvalue weighted by molar-refractivity contribution is -0.148. The van der Waals surface area contributed by atoms with Gasteiger partial charge in [0.05, 0.1) is 18.9 Å². The van der Waals surface area contributed by atoms with Crippen molar-refractivity contribution in [1.29, 1.82) is 0 Å². The molecule has 0 saturated carbocycles. The number of rotatable bonds is 8. The highest BCUT2D eigenvalue weighted by Gasteiger charge is 2.51. The average molecular weight is 399 g/mol. The van der Waals surface area contributed by atoms with Crippen LogP contribution in [0.3, 0.4) is 0 Å². The lowest BCUT2D eigenvalue weighted by Crippen LogP contribution is -2.51. The van der Waals surface area contributed by atoms with Crippen LogP contribution in [0.2, 0.25) is 0 Å². The number of carbonyl (C=O) groups is 3. The number of allylic oxidation sites excluding steroid dienone is 2. The number of likely N-dealkylation sites (tertiary alicyclic amines) is 1. The number of carbonyl (C=O) groups excluding carboxylic acids is 3. The van der Waals surface area contributed by atoms with E-state index in [1.54, 1.807) is 7.11 Å². The zero-order valence-electron chi connectivity index (χ0n) is 17.4. The average Bonchev–Trinajstić information content (AvgIpc) is 2.97. The summed E-state index contributed by atoms with van der Waals surface area (Å²) >= 11 is 0. The Kier molecular flexibility index (Phi) is 6.72. The predicted octanol–water partition coefficient (Wildman–Crippen LogP) is 2.72. The van der Waals surface area contributed by atoms with Gasteiger partial charge in [-0.2, -0.15) is 0 Å². The molecule has 2 aliphatic rings. The summed E-state index contributed by atoms with van der Waals surface area (Å²) in [7, 11) is 1.62. The van der Waals surface area contributed by atoms with Gasteiger partial charge in [0.15, 0.2) is 0 Å². The van der Waals surface area contributed by atoms with Crippen LogP contribution < -0.4 is 10.1 Å². The molecule has 1 aromatic rings. The Labute approximate surface area is 172 Å². The van der Waals surface area contributed by atoms with Gasteiger partial charge < -0.3 is 10.1 Å². The Bertz CT molecular complexity index is 759. The minimum Gasteiger partial charge on any atom is -0.497 e. The van der Waals surface area contributed by atoms with Crippen molar-refractivity contribution in [2.45, 2.75) is 45.6 Å². The summed E-state index contributed by atoms with van der Waals surface area (Å²) in [6.07, 6.45) is 6.23. The summed E-state index contributed by atoms with van der Waals surface area (Å²) in [5.41, 5.74) is 1.08. The molecule has 1 aliphatic heterocycles. The Morgan fingerprint density at radius 2 is 1.69 bits per heavy atom. The molecular formula is C23H30N2O4. The molecular weight excluding hydrogens is 368 g/mol. The summed E-state index contributed by atoms with van der Waals surface area (Å²) in [5, 5.41) is 2.93. The third-order valence-corrected chi connectivity index (χ3v) is 5.72. The number of hydrogen-bond acceptors (Lipinski definition) is 4. The number of benzene rings is 1. The second kappa shape index (κ2) is 9.25. The summed E-state index contributed by atoms with van der Waals surface area (Å²) in [5.74, 6) is -0.282. The third-order valence-electron chi connectivity index (χ3n) is 5.72. The molecule has 6 heteroatoms. The molecule has 1 N–H and O–H groups in total. The molecule has 6 nitrogen and oxygen atoms in total. The monoisotopic (exact) mass is 398 g/mol. The second-order valence-corrected chi connectivity index (χ2v) is 8.24. The van der Waals surface area contributed by atoms with Gasteiger partial charge in [-0.25, -0.2) is 0 Å². The van der Waals surface area contributed by atoms with Crippen molar-refractivity contribution < 1.29 is 19.1 Å². The number of hydrogen-bond donors (Lipinski definition) is 1. The molecule has 1 aliphatic carbocycles. The SMILES string of the molecule is COc1ccc(CCNC(=O)C(CC(C)C)N2C(=O)C3CC=CCC3C2=O)cc1. The first-order chi connectivity index (χ1) is 13.9. The number of methoxy groups -OCH3 is 1. The molecule has 3 unspecified atom stereocenters. The van der Waals surface area contributed by atoms with Gasteiger partial charge >= 0.3 is 0 Å². The maximum absolute atomic E-state index is 13.0. The maximum Gasteiger partial charge on any atom is 0.243 e. The first kappa shape index (κ1) is 21.1. The van der Waals surface area contributed by atoms with Crippen LogP contribution in [0.5, 0.6) is 5.75 Å². The minimum atomic E-state index is -0.739. The molecule has 1 aromatic carbocycles. The predicted molar refractivity (Wildman–Crippen MR) is 110 cm³/mol. The van der Waals surface area contributed by atoms with Gasteiger partial charge in [-0.05, 0) is 49.3 Å². The van der Waals surface area contributed by atoms with Gasteiger partial charge in [-0.1, -0.05) is 38.1 Å². The standard InChI is InChI=1S/C23H30N2O4/c1-15(2)14-20(25-22(27)18-6-4-5-7-19(18)23(25)28)21(26)24-13-12-16-8-10-17(29-3)11-9-16/h4-5,8-11,15,18-20H,6-7,12-14H2,1-3H3,(H,24,26). The van der Waals surface area contributed by atoms with Crippen LogP contribution in [0.4, 0.5) is 0 Å². The lowest BCUT2D eigenvalue weighted by atomic mass is 9.85. The molecule has 0 radical (unpaired) electrons. The topological polar surface area (TPSA) is 75.7 Å². The van der Waals surface area contributed by atoms with Gasteiger partial charge in [-0.15, -0.1) is 0 Å². The number of amides is 3. The van der Waals surface area contributed by atoms with Crippen molar-refractivity contribution in [3.63, 3.8) is 0 Å². The number of nitrogens with zero attached hydrogens (tertiary/aromatic N) is 1. The van der Waals surface area contributed by atoms with E-state index in [1.165, 1.54) is 4.90 Å². The first-order valence-corrected chi connectivity index (χ1v) is 10.3. The molecule has 3 rings (SSSR count). The fourth-order valence-corrected chi connectivity index (χ4v) is 4.15. The Morgan fingerprint density at radius 3 is 2.21 bits per heavy atom. The molecule has 3 atom stereocenters. The highest BCUT2D eigenvalue weighted by Crippen LogP contribution is 2.37. The molecule has 1 heterocycles. The smallest absolute Gasteiger partial charge is 0.243 e. The van der Waals surface area contributed by atoms with Crippen LogP contribution in [0.25, 0.3) is 0 Å². The molecule has 156 valence electrons. The van der Waals surface area contributed by atoms with E-state index in [0.29, 0.717) is 32.2 Å². The summed E-state index contributed by atoms with van der Waals surface area (Å²) in [6, 6.07) is 6.95. The van der Waals surface area contributed by atoms with E-state index in [2.05, 4.69) is 5.32 Å². The normalized spacial score (nSPS) is 22.0. The Morgan fingerprint density at radius 1 is 1.10 bits per heavy atom. The number of imide groups is 1. The van der Waals surface area contributed by atoms with E-state index >= 15 is 0 Å². The largest absolute Gasteiger partial charge is 0.497 e. The molecule has 1 saturated heterocycles. The molecule has 0 aromatic heterocycles. The van der Waals surface area contributed by atoms with Crippen LogP contribution >= 0.6 is 0 Å². The molecule has 0 spiro atoms. The molecule has 0 bridgehead atoms. The van der Waals surface area contributed by atoms with Gasteiger partial charge in [0, 0.05) is 6.54 Å². The van der Waals surface area contributed by atoms with Crippen LogP contribution in [0.1, 0.15) is 38.7 Å². The van der Waals surface area contributed by atoms with E-state index in [1.807, 2.05) is 50.3 Å². The zero-order chi connectivity index (χ0) is 21.0. The number of nitrogens with one attached hydrogen (secondary N) is 1. The van der Waals surface area contributed by atoms with Crippen molar-refractivity contribution in [3.05, 3.63) is 42.0 Å². The van der Waals surface area contributed by atoms with E-state index in [9.17, 15) is 14.4 Å². The van der Waals surface area contributed by atoms with Gasteiger partial charge in [0.2, 0.25) is 17.7 Å². The molecule has 1 fully saturated rings. The van der Waals surface area contributed by atoms with E-state index < -0.39 is 6.04 Å². The van der Waals surface area contributed by atoms with Crippen molar-refractivity contribution >= 4 is 17.7 Å².